The number of piperidine rings is 1. The highest BCUT2D eigenvalue weighted by atomic mass is 16.2. The Morgan fingerprint density at radius 3 is 2.21 bits per heavy atom. The monoisotopic (exact) mass is 332 g/mol. The van der Waals surface area contributed by atoms with Gasteiger partial charge in [-0.05, 0) is 31.4 Å². The van der Waals surface area contributed by atoms with Crippen molar-refractivity contribution in [3.63, 3.8) is 0 Å². The van der Waals surface area contributed by atoms with Crippen molar-refractivity contribution in [1.29, 1.82) is 0 Å². The van der Waals surface area contributed by atoms with E-state index < -0.39 is 5.54 Å². The summed E-state index contributed by atoms with van der Waals surface area (Å²) in [7, 11) is 3.20. The van der Waals surface area contributed by atoms with Crippen LogP contribution in [0.25, 0.3) is 0 Å². The summed E-state index contributed by atoms with van der Waals surface area (Å²) in [6.45, 7) is 2.98. The van der Waals surface area contributed by atoms with Gasteiger partial charge in [0.15, 0.2) is 0 Å². The van der Waals surface area contributed by atoms with E-state index in [1.54, 1.807) is 11.9 Å². The average Bonchev–Trinajstić information content (AvgIpc) is 3.17. The van der Waals surface area contributed by atoms with E-state index in [1.807, 2.05) is 40.9 Å². The molecule has 1 aromatic rings. The molecule has 24 heavy (non-hydrogen) atoms. The molecule has 1 atom stereocenters. The molecule has 0 aliphatic carbocycles. The normalized spacial score (nSPS) is 21.7. The van der Waals surface area contributed by atoms with Gasteiger partial charge in [0.2, 0.25) is 5.91 Å². The van der Waals surface area contributed by atoms with Gasteiger partial charge in [0, 0.05) is 39.6 Å². The highest BCUT2D eigenvalue weighted by Gasteiger charge is 2.55. The van der Waals surface area contributed by atoms with Crippen molar-refractivity contribution in [3.8, 4) is 0 Å². The summed E-state index contributed by atoms with van der Waals surface area (Å²) in [5, 5.41) is 0. The molecular formula is C17H24N4O3. The minimum absolute atomic E-state index is 0.0799. The predicted octanol–water partition coefficient (Wildman–Crippen LogP) is 1.32. The lowest BCUT2D eigenvalue weighted by atomic mass is 9.86. The number of imide groups is 1. The molecule has 2 aliphatic heterocycles. The maximum Gasteiger partial charge on any atom is 0.327 e. The molecule has 2 aliphatic rings. The topological polar surface area (TPSA) is 65.9 Å². The Kier molecular flexibility index (Phi) is 4.11. The summed E-state index contributed by atoms with van der Waals surface area (Å²) in [5.74, 6) is -0.0733. The van der Waals surface area contributed by atoms with Gasteiger partial charge in [0.1, 0.15) is 11.6 Å². The van der Waals surface area contributed by atoms with E-state index in [-0.39, 0.29) is 23.9 Å². The minimum atomic E-state index is -0.780. The molecule has 3 heterocycles. The molecule has 3 rings (SSSR count). The lowest BCUT2D eigenvalue weighted by Gasteiger charge is -2.41. The van der Waals surface area contributed by atoms with Gasteiger partial charge in [-0.2, -0.15) is 0 Å². The fraction of sp³-hybridized carbons (Fsp3) is 0.588. The Morgan fingerprint density at radius 2 is 1.75 bits per heavy atom. The number of carbonyl (C=O) groups excluding carboxylic acids is 3. The van der Waals surface area contributed by atoms with Crippen LogP contribution >= 0.6 is 0 Å². The zero-order chi connectivity index (χ0) is 17.5. The summed E-state index contributed by atoms with van der Waals surface area (Å²) in [6.07, 6.45) is 5.51. The van der Waals surface area contributed by atoms with Crippen LogP contribution in [-0.2, 0) is 9.59 Å². The van der Waals surface area contributed by atoms with Crippen LogP contribution in [-0.4, -0.2) is 69.8 Å². The third-order valence-electron chi connectivity index (χ3n) is 5.48. The number of likely N-dealkylation sites (N-methyl/N-ethyl adjacent to an activating group) is 2. The van der Waals surface area contributed by atoms with Crippen LogP contribution in [0.15, 0.2) is 24.5 Å². The van der Waals surface area contributed by atoms with Crippen molar-refractivity contribution < 1.29 is 14.4 Å². The maximum absolute atomic E-state index is 12.9. The largest absolute Gasteiger partial charge is 0.342 e. The average molecular weight is 332 g/mol. The fourth-order valence-corrected chi connectivity index (χ4v) is 3.88. The van der Waals surface area contributed by atoms with E-state index in [0.717, 1.165) is 6.42 Å². The van der Waals surface area contributed by atoms with Crippen LogP contribution in [0.3, 0.4) is 0 Å². The molecule has 0 radical (unpaired) electrons. The second kappa shape index (κ2) is 5.96. The SMILES string of the molecule is CCC(C(=O)N1CCC2(CC1)C(=O)N(C)C(=O)N2C)n1cccc1. The molecule has 2 fully saturated rings. The van der Waals surface area contributed by atoms with Crippen molar-refractivity contribution in [3.05, 3.63) is 24.5 Å². The number of rotatable bonds is 3. The van der Waals surface area contributed by atoms with Crippen LogP contribution in [0.1, 0.15) is 32.2 Å². The van der Waals surface area contributed by atoms with Gasteiger partial charge in [0.25, 0.3) is 5.91 Å². The summed E-state index contributed by atoms with van der Waals surface area (Å²) >= 11 is 0. The molecule has 0 aromatic carbocycles. The molecule has 1 spiro atoms. The molecule has 7 nitrogen and oxygen atoms in total. The van der Waals surface area contributed by atoms with Crippen molar-refractivity contribution in [2.24, 2.45) is 0 Å². The Morgan fingerprint density at radius 1 is 1.17 bits per heavy atom. The van der Waals surface area contributed by atoms with Crippen LogP contribution in [0.5, 0.6) is 0 Å². The van der Waals surface area contributed by atoms with E-state index in [0.29, 0.717) is 25.9 Å². The maximum atomic E-state index is 12.9. The highest BCUT2D eigenvalue weighted by molar-refractivity contribution is 6.06. The van der Waals surface area contributed by atoms with E-state index in [4.69, 9.17) is 0 Å². The van der Waals surface area contributed by atoms with Crippen LogP contribution in [0, 0.1) is 0 Å². The Labute approximate surface area is 141 Å². The third-order valence-corrected chi connectivity index (χ3v) is 5.48. The molecular weight excluding hydrogens is 308 g/mol. The van der Waals surface area contributed by atoms with Crippen molar-refractivity contribution in [1.82, 2.24) is 19.3 Å². The third kappa shape index (κ3) is 2.30. The first-order valence-electron chi connectivity index (χ1n) is 8.39. The first-order valence-corrected chi connectivity index (χ1v) is 8.39. The quantitative estimate of drug-likeness (QED) is 0.784. The summed E-state index contributed by atoms with van der Waals surface area (Å²) in [4.78, 5) is 42.0. The zero-order valence-electron chi connectivity index (χ0n) is 14.4. The number of aromatic nitrogens is 1. The molecule has 1 unspecified atom stereocenters. The van der Waals surface area contributed by atoms with Crippen LogP contribution in [0.2, 0.25) is 0 Å². The molecule has 0 bridgehead atoms. The number of likely N-dealkylation sites (tertiary alicyclic amines) is 1. The second-order valence-electron chi connectivity index (χ2n) is 6.62. The first kappa shape index (κ1) is 16.5. The molecule has 7 heteroatoms. The van der Waals surface area contributed by atoms with Gasteiger partial charge < -0.3 is 14.4 Å². The van der Waals surface area contributed by atoms with E-state index in [9.17, 15) is 14.4 Å². The Bertz CT molecular complexity index is 647. The predicted molar refractivity (Wildman–Crippen MR) is 88.2 cm³/mol. The smallest absolute Gasteiger partial charge is 0.327 e. The molecule has 1 aromatic heterocycles. The van der Waals surface area contributed by atoms with Crippen LogP contribution < -0.4 is 0 Å². The Balaban J connectivity index is 1.72. The lowest BCUT2D eigenvalue weighted by molar-refractivity contribution is -0.142. The van der Waals surface area contributed by atoms with Gasteiger partial charge in [-0.15, -0.1) is 0 Å². The Hall–Kier alpha value is -2.31. The van der Waals surface area contributed by atoms with Crippen molar-refractivity contribution >= 4 is 17.8 Å². The number of carbonyl (C=O) groups is 3. The second-order valence-corrected chi connectivity index (χ2v) is 6.62. The summed E-state index contributed by atoms with van der Waals surface area (Å²) in [6, 6.07) is 3.35. The van der Waals surface area contributed by atoms with E-state index >= 15 is 0 Å². The highest BCUT2D eigenvalue weighted by Crippen LogP contribution is 2.36. The van der Waals surface area contributed by atoms with Gasteiger partial charge in [-0.3, -0.25) is 14.5 Å². The number of hydrogen-bond acceptors (Lipinski definition) is 3. The van der Waals surface area contributed by atoms with Crippen molar-refractivity contribution in [2.75, 3.05) is 27.2 Å². The fourth-order valence-electron chi connectivity index (χ4n) is 3.88. The molecule has 4 amide bonds. The van der Waals surface area contributed by atoms with Gasteiger partial charge in [-0.25, -0.2) is 4.79 Å². The molecule has 2 saturated heterocycles. The van der Waals surface area contributed by atoms with Gasteiger partial charge in [0.05, 0.1) is 0 Å². The van der Waals surface area contributed by atoms with Gasteiger partial charge >= 0.3 is 6.03 Å². The van der Waals surface area contributed by atoms with E-state index in [2.05, 4.69) is 0 Å². The van der Waals surface area contributed by atoms with Crippen molar-refractivity contribution in [2.45, 2.75) is 37.8 Å². The number of nitrogens with zero attached hydrogens (tertiary/aromatic N) is 4. The lowest BCUT2D eigenvalue weighted by Crippen LogP contribution is -2.56. The first-order chi connectivity index (χ1) is 11.4. The molecule has 0 N–H and O–H groups in total. The van der Waals surface area contributed by atoms with Crippen LogP contribution in [0.4, 0.5) is 4.79 Å². The molecule has 130 valence electrons. The number of hydrogen-bond donors (Lipinski definition) is 0. The molecule has 0 saturated carbocycles. The number of urea groups is 1. The zero-order valence-corrected chi connectivity index (χ0v) is 14.4. The van der Waals surface area contributed by atoms with E-state index in [1.165, 1.54) is 11.9 Å². The summed E-state index contributed by atoms with van der Waals surface area (Å²) < 4.78 is 1.93. The summed E-state index contributed by atoms with van der Waals surface area (Å²) in [5.41, 5.74) is -0.780. The van der Waals surface area contributed by atoms with Gasteiger partial charge in [-0.1, -0.05) is 6.92 Å². The number of amides is 4. The minimum Gasteiger partial charge on any atom is -0.342 e. The standard InChI is InChI=1S/C17H24N4O3/c1-4-13(20-9-5-6-10-20)14(22)21-11-7-17(8-12-21)15(23)18(2)16(24)19(17)3/h5-6,9-10,13H,4,7-8,11-12H2,1-3H3.